The number of aromatic nitrogens is 3. The highest BCUT2D eigenvalue weighted by atomic mass is 16.5. The third-order valence-corrected chi connectivity index (χ3v) is 3.32. The minimum Gasteiger partial charge on any atom is -0.504 e. The molecule has 116 valence electrons. The fourth-order valence-electron chi connectivity index (χ4n) is 2.17. The average molecular weight is 309 g/mol. The number of nitrogens with one attached hydrogen (secondary N) is 1. The third-order valence-electron chi connectivity index (χ3n) is 3.32. The molecule has 23 heavy (non-hydrogen) atoms. The van der Waals surface area contributed by atoms with Crippen molar-refractivity contribution < 1.29 is 9.63 Å². The van der Waals surface area contributed by atoms with E-state index >= 15 is 0 Å². The Morgan fingerprint density at radius 2 is 2.00 bits per heavy atom. The minimum atomic E-state index is -0.411. The summed E-state index contributed by atoms with van der Waals surface area (Å²) >= 11 is 0. The molecule has 3 aromatic rings. The first-order valence-electron chi connectivity index (χ1n) is 7.15. The molecule has 0 fully saturated rings. The molecule has 0 saturated carbocycles. The van der Waals surface area contributed by atoms with E-state index in [1.807, 2.05) is 18.2 Å². The Hall–Kier alpha value is -3.15. The van der Waals surface area contributed by atoms with Crippen molar-refractivity contribution in [2.24, 2.45) is 0 Å². The van der Waals surface area contributed by atoms with Gasteiger partial charge in [-0.3, -0.25) is 4.79 Å². The number of aromatic amines is 1. The van der Waals surface area contributed by atoms with Gasteiger partial charge in [0.2, 0.25) is 5.76 Å². The van der Waals surface area contributed by atoms with E-state index < -0.39 is 5.56 Å². The van der Waals surface area contributed by atoms with Crippen molar-refractivity contribution in [1.29, 1.82) is 0 Å². The molecule has 1 aromatic carbocycles. The predicted molar refractivity (Wildman–Crippen MR) is 85.7 cm³/mol. The van der Waals surface area contributed by atoms with Crippen molar-refractivity contribution >= 4 is 11.8 Å². The Balaban J connectivity index is 1.73. The van der Waals surface area contributed by atoms with Crippen molar-refractivity contribution in [2.45, 2.75) is 12.8 Å². The van der Waals surface area contributed by atoms with Gasteiger partial charge in [-0.05, 0) is 24.5 Å². The highest BCUT2D eigenvalue weighted by molar-refractivity contribution is 5.72. The molecular weight excluding hydrogens is 294 g/mol. The zero-order chi connectivity index (χ0) is 16.1. The summed E-state index contributed by atoms with van der Waals surface area (Å²) in [7, 11) is 0. The number of nitrogens with zero attached hydrogens (tertiary/aromatic N) is 2. The van der Waals surface area contributed by atoms with E-state index in [0.29, 0.717) is 5.69 Å². The molecule has 2 heterocycles. The Kier molecular flexibility index (Phi) is 4.33. The Bertz CT molecular complexity index is 866. The Morgan fingerprint density at radius 1 is 1.17 bits per heavy atom. The van der Waals surface area contributed by atoms with Gasteiger partial charge in [-0.15, -0.1) is 0 Å². The Morgan fingerprint density at radius 3 is 2.74 bits per heavy atom. The number of benzene rings is 1. The largest absolute Gasteiger partial charge is 0.504 e. The van der Waals surface area contributed by atoms with Crippen LogP contribution < -0.4 is 5.56 Å². The van der Waals surface area contributed by atoms with Gasteiger partial charge in [-0.25, -0.2) is 9.97 Å². The van der Waals surface area contributed by atoms with Gasteiger partial charge in [0.25, 0.3) is 5.56 Å². The molecular formula is C17H15N3O3. The normalized spacial score (nSPS) is 11.6. The van der Waals surface area contributed by atoms with Crippen LogP contribution in [0.25, 0.3) is 11.8 Å². The lowest BCUT2D eigenvalue weighted by Gasteiger charge is -2.02. The van der Waals surface area contributed by atoms with Gasteiger partial charge < -0.3 is 9.63 Å². The quantitative estimate of drug-likeness (QED) is 0.707. The fourth-order valence-corrected chi connectivity index (χ4v) is 2.17. The number of aryl methyl sites for hydroxylation is 2. The van der Waals surface area contributed by atoms with E-state index in [4.69, 9.17) is 4.52 Å². The van der Waals surface area contributed by atoms with Crippen LogP contribution in [0.1, 0.15) is 22.7 Å². The van der Waals surface area contributed by atoms with E-state index in [-0.39, 0.29) is 11.5 Å². The highest BCUT2D eigenvalue weighted by Crippen LogP contribution is 2.13. The zero-order valence-electron chi connectivity index (χ0n) is 12.3. The highest BCUT2D eigenvalue weighted by Gasteiger charge is 2.06. The molecule has 0 aliphatic rings. The fraction of sp³-hybridized carbons (Fsp3) is 0.118. The summed E-state index contributed by atoms with van der Waals surface area (Å²) in [6, 6.07) is 13.1. The van der Waals surface area contributed by atoms with E-state index in [9.17, 15) is 9.90 Å². The van der Waals surface area contributed by atoms with Crippen LogP contribution in [0, 0.1) is 0 Å². The maximum atomic E-state index is 11.0. The third kappa shape index (κ3) is 3.94. The van der Waals surface area contributed by atoms with E-state index in [0.717, 1.165) is 18.5 Å². The van der Waals surface area contributed by atoms with Crippen LogP contribution >= 0.6 is 0 Å². The van der Waals surface area contributed by atoms with Gasteiger partial charge in [0, 0.05) is 11.8 Å². The average Bonchev–Trinajstić information content (AvgIpc) is 3.01. The first-order chi connectivity index (χ1) is 11.2. The van der Waals surface area contributed by atoms with Crippen LogP contribution in [0.3, 0.4) is 0 Å². The Labute approximate surface area is 132 Å². The molecule has 0 aliphatic carbocycles. The standard InChI is InChI=1S/C17H15N3O3/c21-15(16-10-17(22)20-23-16)9-14-8-13(18-11-19-14)7-6-12-4-2-1-3-5-12/h1-5,8-11,21H,6-7H2,(H,20,22)/b15-9-. The lowest BCUT2D eigenvalue weighted by atomic mass is 10.1. The minimum absolute atomic E-state index is 0.0689. The van der Waals surface area contributed by atoms with Crippen molar-refractivity contribution in [3.63, 3.8) is 0 Å². The van der Waals surface area contributed by atoms with Crippen molar-refractivity contribution in [1.82, 2.24) is 15.1 Å². The smallest absolute Gasteiger partial charge is 0.280 e. The van der Waals surface area contributed by atoms with Crippen LogP contribution in [0.15, 0.2) is 58.1 Å². The molecule has 0 spiro atoms. The second-order valence-electron chi connectivity index (χ2n) is 5.03. The van der Waals surface area contributed by atoms with E-state index in [2.05, 4.69) is 27.3 Å². The molecule has 6 heteroatoms. The number of rotatable bonds is 5. The van der Waals surface area contributed by atoms with Crippen molar-refractivity contribution in [2.75, 3.05) is 0 Å². The lowest BCUT2D eigenvalue weighted by Crippen LogP contribution is -1.96. The number of H-pyrrole nitrogens is 1. The molecule has 2 N–H and O–H groups in total. The summed E-state index contributed by atoms with van der Waals surface area (Å²) in [6.45, 7) is 0. The summed E-state index contributed by atoms with van der Waals surface area (Å²) in [6.07, 6.45) is 4.53. The van der Waals surface area contributed by atoms with Crippen LogP contribution in [0.4, 0.5) is 0 Å². The van der Waals surface area contributed by atoms with Gasteiger partial charge in [0.1, 0.15) is 6.33 Å². The maximum Gasteiger partial charge on any atom is 0.280 e. The molecule has 3 rings (SSSR count). The molecule has 0 saturated heterocycles. The SMILES string of the molecule is O=c1cc(/C(O)=C/c2cc(CCc3ccccc3)ncn2)o[nH]1. The van der Waals surface area contributed by atoms with Crippen LogP contribution in [0.2, 0.25) is 0 Å². The first-order valence-corrected chi connectivity index (χ1v) is 7.15. The maximum absolute atomic E-state index is 11.0. The summed E-state index contributed by atoms with van der Waals surface area (Å²) in [5.74, 6) is -0.101. The van der Waals surface area contributed by atoms with E-state index in [1.165, 1.54) is 24.0 Å². The molecule has 6 nitrogen and oxygen atoms in total. The van der Waals surface area contributed by atoms with Gasteiger partial charge >= 0.3 is 0 Å². The van der Waals surface area contributed by atoms with Crippen molar-refractivity contribution in [3.05, 3.63) is 81.9 Å². The van der Waals surface area contributed by atoms with Gasteiger partial charge in [0.15, 0.2) is 5.76 Å². The molecule has 0 aliphatic heterocycles. The second-order valence-corrected chi connectivity index (χ2v) is 5.03. The monoisotopic (exact) mass is 309 g/mol. The molecule has 0 radical (unpaired) electrons. The molecule has 0 unspecified atom stereocenters. The summed E-state index contributed by atoms with van der Waals surface area (Å²) in [5.41, 5.74) is 2.24. The summed E-state index contributed by atoms with van der Waals surface area (Å²) < 4.78 is 4.83. The summed E-state index contributed by atoms with van der Waals surface area (Å²) in [5, 5.41) is 12.1. The second kappa shape index (κ2) is 6.74. The first kappa shape index (κ1) is 14.8. The van der Waals surface area contributed by atoms with Gasteiger partial charge in [-0.1, -0.05) is 30.3 Å². The van der Waals surface area contributed by atoms with Crippen LogP contribution in [-0.4, -0.2) is 20.2 Å². The van der Waals surface area contributed by atoms with E-state index in [1.54, 1.807) is 6.07 Å². The van der Waals surface area contributed by atoms with Gasteiger partial charge in [0.05, 0.1) is 11.8 Å². The molecule has 2 aromatic heterocycles. The van der Waals surface area contributed by atoms with Crippen LogP contribution in [-0.2, 0) is 12.8 Å². The topological polar surface area (TPSA) is 92.0 Å². The van der Waals surface area contributed by atoms with Crippen molar-refractivity contribution in [3.8, 4) is 0 Å². The molecule has 0 amide bonds. The lowest BCUT2D eigenvalue weighted by molar-refractivity contribution is 0.378. The number of aliphatic hydroxyl groups is 1. The number of hydrogen-bond donors (Lipinski definition) is 2. The number of aliphatic hydroxyl groups excluding tert-OH is 1. The zero-order valence-corrected chi connectivity index (χ0v) is 12.3. The molecule has 0 bridgehead atoms. The molecule has 0 atom stereocenters. The summed E-state index contributed by atoms with van der Waals surface area (Å²) in [4.78, 5) is 19.3. The van der Waals surface area contributed by atoms with Gasteiger partial charge in [-0.2, -0.15) is 5.16 Å². The number of hydrogen-bond acceptors (Lipinski definition) is 5. The predicted octanol–water partition coefficient (Wildman–Crippen LogP) is 2.60. The van der Waals surface area contributed by atoms with Crippen LogP contribution in [0.5, 0.6) is 0 Å².